The topological polar surface area (TPSA) is 48.7 Å². The van der Waals surface area contributed by atoms with Gasteiger partial charge in [-0.05, 0) is 31.2 Å². The fraction of sp³-hybridized carbons (Fsp3) is 0.318. The third-order valence-corrected chi connectivity index (χ3v) is 5.50. The molecule has 146 valence electrons. The van der Waals surface area contributed by atoms with Gasteiger partial charge < -0.3 is 14.6 Å². The van der Waals surface area contributed by atoms with Crippen LogP contribution in [-0.4, -0.2) is 43.5 Å². The number of carbonyl (C=O) groups excluding carboxylic acids is 1. The van der Waals surface area contributed by atoms with E-state index in [1.165, 1.54) is 0 Å². The van der Waals surface area contributed by atoms with Crippen molar-refractivity contribution in [2.45, 2.75) is 13.0 Å². The minimum atomic E-state index is -0.163. The lowest BCUT2D eigenvalue weighted by Gasteiger charge is -2.36. The second-order valence-corrected chi connectivity index (χ2v) is 7.60. The summed E-state index contributed by atoms with van der Waals surface area (Å²) in [5.74, 6) is 0.789. The molecule has 1 atom stereocenters. The van der Waals surface area contributed by atoms with Crippen LogP contribution in [0.2, 0.25) is 5.02 Å². The van der Waals surface area contributed by atoms with E-state index in [-0.39, 0.29) is 11.9 Å². The number of halogens is 1. The van der Waals surface area contributed by atoms with Crippen LogP contribution in [0.4, 0.5) is 5.69 Å². The van der Waals surface area contributed by atoms with Crippen molar-refractivity contribution in [2.24, 2.45) is 0 Å². The average molecular weight is 398 g/mol. The standard InChI is InChI=1S/C22H24ClN3O2/c1-16(21-14-17-6-2-5-9-20(17)28-21)24-22(27)15-25-10-12-26(13-11-25)19-8-4-3-7-18(19)23/h2-9,14,16H,10-13,15H2,1H3,(H,24,27)/t16-/m0/s1. The highest BCUT2D eigenvalue weighted by atomic mass is 35.5. The molecule has 1 aliphatic rings. The number of piperazine rings is 1. The van der Waals surface area contributed by atoms with Gasteiger partial charge in [0.05, 0.1) is 23.3 Å². The van der Waals surface area contributed by atoms with E-state index in [0.29, 0.717) is 6.54 Å². The molecule has 5 nitrogen and oxygen atoms in total. The van der Waals surface area contributed by atoms with Crippen molar-refractivity contribution >= 4 is 34.2 Å². The van der Waals surface area contributed by atoms with Crippen LogP contribution in [0.5, 0.6) is 0 Å². The molecule has 1 amide bonds. The maximum absolute atomic E-state index is 12.5. The molecule has 0 bridgehead atoms. The van der Waals surface area contributed by atoms with E-state index in [1.807, 2.05) is 61.5 Å². The first-order valence-corrected chi connectivity index (χ1v) is 9.97. The van der Waals surface area contributed by atoms with Crippen LogP contribution in [0.1, 0.15) is 18.7 Å². The SMILES string of the molecule is C[C@H](NC(=O)CN1CCN(c2ccccc2Cl)CC1)c1cc2ccccc2o1. The maximum atomic E-state index is 12.5. The van der Waals surface area contributed by atoms with Gasteiger partial charge in [0.1, 0.15) is 11.3 Å². The van der Waals surface area contributed by atoms with Gasteiger partial charge >= 0.3 is 0 Å². The lowest BCUT2D eigenvalue weighted by atomic mass is 10.2. The van der Waals surface area contributed by atoms with Gasteiger partial charge in [-0.3, -0.25) is 9.69 Å². The first kappa shape index (κ1) is 18.8. The lowest BCUT2D eigenvalue weighted by molar-refractivity contribution is -0.123. The Morgan fingerprint density at radius 1 is 1.11 bits per heavy atom. The quantitative estimate of drug-likeness (QED) is 0.704. The molecule has 6 heteroatoms. The number of carbonyl (C=O) groups is 1. The summed E-state index contributed by atoms with van der Waals surface area (Å²) in [7, 11) is 0. The largest absolute Gasteiger partial charge is 0.459 e. The number of furan rings is 1. The second-order valence-electron chi connectivity index (χ2n) is 7.19. The number of hydrogen-bond acceptors (Lipinski definition) is 4. The molecule has 2 aromatic carbocycles. The number of nitrogens with one attached hydrogen (secondary N) is 1. The van der Waals surface area contributed by atoms with Crippen molar-refractivity contribution in [1.82, 2.24) is 10.2 Å². The Morgan fingerprint density at radius 3 is 2.57 bits per heavy atom. The monoisotopic (exact) mass is 397 g/mol. The average Bonchev–Trinajstić information content (AvgIpc) is 3.13. The van der Waals surface area contributed by atoms with Crippen LogP contribution in [-0.2, 0) is 4.79 Å². The Bertz CT molecular complexity index is 930. The third-order valence-electron chi connectivity index (χ3n) is 5.18. The number of nitrogens with zero attached hydrogens (tertiary/aromatic N) is 2. The number of fused-ring (bicyclic) bond motifs is 1. The zero-order chi connectivity index (χ0) is 19.5. The number of benzene rings is 2. The summed E-state index contributed by atoms with van der Waals surface area (Å²) in [6.07, 6.45) is 0. The van der Waals surface area contributed by atoms with Gasteiger partial charge in [-0.25, -0.2) is 0 Å². The fourth-order valence-electron chi connectivity index (χ4n) is 3.63. The van der Waals surface area contributed by atoms with Crippen molar-refractivity contribution < 1.29 is 9.21 Å². The van der Waals surface area contributed by atoms with Crippen molar-refractivity contribution in [3.8, 4) is 0 Å². The molecule has 0 spiro atoms. The molecule has 2 heterocycles. The minimum absolute atomic E-state index is 0.0131. The molecule has 0 saturated carbocycles. The van der Waals surface area contributed by atoms with Crippen molar-refractivity contribution in [3.05, 3.63) is 65.4 Å². The van der Waals surface area contributed by atoms with Gasteiger partial charge in [-0.2, -0.15) is 0 Å². The van der Waals surface area contributed by atoms with Crippen molar-refractivity contribution in [2.75, 3.05) is 37.6 Å². The summed E-state index contributed by atoms with van der Waals surface area (Å²) in [6, 6.07) is 17.6. The van der Waals surface area contributed by atoms with Crippen LogP contribution >= 0.6 is 11.6 Å². The van der Waals surface area contributed by atoms with E-state index in [4.69, 9.17) is 16.0 Å². The van der Waals surface area contributed by atoms with Gasteiger partial charge in [-0.15, -0.1) is 0 Å². The molecule has 1 aromatic heterocycles. The number of hydrogen-bond donors (Lipinski definition) is 1. The number of amides is 1. The Morgan fingerprint density at radius 2 is 1.82 bits per heavy atom. The molecule has 3 aromatic rings. The van der Waals surface area contributed by atoms with Crippen LogP contribution in [0.15, 0.2) is 59.0 Å². The van der Waals surface area contributed by atoms with Gasteiger partial charge in [0.25, 0.3) is 0 Å². The van der Waals surface area contributed by atoms with E-state index in [9.17, 15) is 4.79 Å². The molecule has 28 heavy (non-hydrogen) atoms. The highest BCUT2D eigenvalue weighted by Crippen LogP contribution is 2.26. The van der Waals surface area contributed by atoms with Gasteiger partial charge in [0.2, 0.25) is 5.91 Å². The van der Waals surface area contributed by atoms with Gasteiger partial charge in [0.15, 0.2) is 0 Å². The predicted molar refractivity (Wildman–Crippen MR) is 113 cm³/mol. The Labute approximate surface area is 169 Å². The van der Waals surface area contributed by atoms with E-state index in [0.717, 1.165) is 53.6 Å². The van der Waals surface area contributed by atoms with Crippen molar-refractivity contribution in [3.63, 3.8) is 0 Å². The van der Waals surface area contributed by atoms with E-state index in [2.05, 4.69) is 15.1 Å². The number of anilines is 1. The highest BCUT2D eigenvalue weighted by molar-refractivity contribution is 6.33. The van der Waals surface area contributed by atoms with Crippen molar-refractivity contribution in [1.29, 1.82) is 0 Å². The third kappa shape index (κ3) is 4.16. The number of para-hydroxylation sites is 2. The van der Waals surface area contributed by atoms with E-state index < -0.39 is 0 Å². The molecule has 4 rings (SSSR count). The normalized spacial score (nSPS) is 16.3. The molecule has 1 aliphatic heterocycles. The maximum Gasteiger partial charge on any atom is 0.234 e. The molecule has 1 saturated heterocycles. The van der Waals surface area contributed by atoms with E-state index in [1.54, 1.807) is 0 Å². The highest BCUT2D eigenvalue weighted by Gasteiger charge is 2.21. The van der Waals surface area contributed by atoms with Crippen LogP contribution in [0, 0.1) is 0 Å². The summed E-state index contributed by atoms with van der Waals surface area (Å²) in [4.78, 5) is 16.9. The lowest BCUT2D eigenvalue weighted by Crippen LogP contribution is -2.49. The zero-order valence-corrected chi connectivity index (χ0v) is 16.7. The van der Waals surface area contributed by atoms with Crippen LogP contribution in [0.3, 0.4) is 0 Å². The fourth-order valence-corrected chi connectivity index (χ4v) is 3.89. The summed E-state index contributed by atoms with van der Waals surface area (Å²) >= 11 is 6.29. The van der Waals surface area contributed by atoms with Gasteiger partial charge in [-0.1, -0.05) is 41.9 Å². The second kappa shape index (κ2) is 8.25. The first-order chi connectivity index (χ1) is 13.6. The first-order valence-electron chi connectivity index (χ1n) is 9.60. The zero-order valence-electron chi connectivity index (χ0n) is 15.9. The Balaban J connectivity index is 1.29. The molecular weight excluding hydrogens is 374 g/mol. The molecular formula is C22H24ClN3O2. The summed E-state index contributed by atoms with van der Waals surface area (Å²) in [5.41, 5.74) is 1.90. The summed E-state index contributed by atoms with van der Waals surface area (Å²) in [6.45, 7) is 5.72. The predicted octanol–water partition coefficient (Wildman–Crippen LogP) is 4.09. The minimum Gasteiger partial charge on any atom is -0.459 e. The van der Waals surface area contributed by atoms with Crippen LogP contribution < -0.4 is 10.2 Å². The molecule has 1 fully saturated rings. The Hall–Kier alpha value is -2.50. The summed E-state index contributed by atoms with van der Waals surface area (Å²) < 4.78 is 5.85. The van der Waals surface area contributed by atoms with Crippen LogP contribution in [0.25, 0.3) is 11.0 Å². The Kier molecular flexibility index (Phi) is 5.55. The molecule has 0 radical (unpaired) electrons. The molecule has 0 unspecified atom stereocenters. The molecule has 1 N–H and O–H groups in total. The number of rotatable bonds is 5. The van der Waals surface area contributed by atoms with Gasteiger partial charge in [0, 0.05) is 31.6 Å². The smallest absolute Gasteiger partial charge is 0.234 e. The molecule has 0 aliphatic carbocycles. The van der Waals surface area contributed by atoms with E-state index >= 15 is 0 Å². The summed E-state index contributed by atoms with van der Waals surface area (Å²) in [5, 5.41) is 4.87.